The average Bonchev–Trinajstić information content (AvgIpc) is 2.83. The van der Waals surface area contributed by atoms with Crippen molar-refractivity contribution >= 4 is 27.4 Å². The molecule has 0 saturated carbocycles. The molecule has 1 aromatic heterocycles. The van der Waals surface area contributed by atoms with Gasteiger partial charge in [-0.05, 0) is 36.5 Å². The second-order valence-electron chi connectivity index (χ2n) is 4.39. The Kier molecular flexibility index (Phi) is 4.55. The number of hydrogen-bond acceptors (Lipinski definition) is 4. The fraction of sp³-hybridized carbons (Fsp3) is 0.500. The zero-order valence-electron chi connectivity index (χ0n) is 11.0. The fourth-order valence-electron chi connectivity index (χ4n) is 2.37. The third-order valence-corrected chi connectivity index (χ3v) is 4.27. The first-order chi connectivity index (χ1) is 8.81. The SMILES string of the molecule is CCC(CC)N(CCO)c1snc2ccccc12. The zero-order chi connectivity index (χ0) is 13.0. The molecule has 18 heavy (non-hydrogen) atoms. The smallest absolute Gasteiger partial charge is 0.120 e. The highest BCUT2D eigenvalue weighted by atomic mass is 32.1. The van der Waals surface area contributed by atoms with Crippen molar-refractivity contribution in [2.24, 2.45) is 0 Å². The lowest BCUT2D eigenvalue weighted by Gasteiger charge is -2.30. The van der Waals surface area contributed by atoms with Gasteiger partial charge in [-0.3, -0.25) is 0 Å². The quantitative estimate of drug-likeness (QED) is 0.870. The number of fused-ring (bicyclic) bond motifs is 1. The fourth-order valence-corrected chi connectivity index (χ4v) is 3.33. The van der Waals surface area contributed by atoms with E-state index in [1.54, 1.807) is 0 Å². The molecule has 1 N–H and O–H groups in total. The third-order valence-electron chi connectivity index (χ3n) is 3.35. The molecule has 0 amide bonds. The molecule has 1 heterocycles. The van der Waals surface area contributed by atoms with Crippen molar-refractivity contribution in [3.8, 4) is 0 Å². The highest BCUT2D eigenvalue weighted by Gasteiger charge is 2.19. The summed E-state index contributed by atoms with van der Waals surface area (Å²) in [6.45, 7) is 5.25. The van der Waals surface area contributed by atoms with E-state index in [4.69, 9.17) is 0 Å². The van der Waals surface area contributed by atoms with E-state index in [2.05, 4.69) is 29.2 Å². The minimum absolute atomic E-state index is 0.183. The molecule has 0 aliphatic heterocycles. The first kappa shape index (κ1) is 13.3. The van der Waals surface area contributed by atoms with E-state index in [-0.39, 0.29) is 6.61 Å². The molecule has 2 aromatic rings. The minimum atomic E-state index is 0.183. The Morgan fingerprint density at radius 3 is 2.67 bits per heavy atom. The van der Waals surface area contributed by atoms with Gasteiger partial charge in [-0.25, -0.2) is 0 Å². The molecule has 2 rings (SSSR count). The Morgan fingerprint density at radius 2 is 2.00 bits per heavy atom. The molecule has 0 atom stereocenters. The molecular formula is C14H20N2OS. The summed E-state index contributed by atoms with van der Waals surface area (Å²) in [4.78, 5) is 2.31. The molecule has 0 bridgehead atoms. The lowest BCUT2D eigenvalue weighted by Crippen LogP contribution is -2.36. The van der Waals surface area contributed by atoms with E-state index in [0.29, 0.717) is 12.6 Å². The number of aromatic nitrogens is 1. The van der Waals surface area contributed by atoms with Crippen LogP contribution in [-0.2, 0) is 0 Å². The maximum atomic E-state index is 9.29. The second-order valence-corrected chi connectivity index (χ2v) is 5.14. The standard InChI is InChI=1S/C14H20N2OS/c1-3-11(4-2)16(9-10-17)14-12-7-5-6-8-13(12)15-18-14/h5-8,11,17H,3-4,9-10H2,1-2H3. The van der Waals surface area contributed by atoms with Gasteiger partial charge in [-0.2, -0.15) is 4.37 Å². The number of aliphatic hydroxyl groups is 1. The van der Waals surface area contributed by atoms with Crippen LogP contribution in [0.25, 0.3) is 10.9 Å². The molecule has 0 aliphatic carbocycles. The summed E-state index contributed by atoms with van der Waals surface area (Å²) in [7, 11) is 0. The van der Waals surface area contributed by atoms with Gasteiger partial charge in [0.05, 0.1) is 12.1 Å². The molecule has 0 saturated heterocycles. The molecule has 0 unspecified atom stereocenters. The number of nitrogens with zero attached hydrogens (tertiary/aromatic N) is 2. The van der Waals surface area contributed by atoms with Crippen molar-refractivity contribution < 1.29 is 5.11 Å². The van der Waals surface area contributed by atoms with Crippen LogP contribution >= 0.6 is 11.5 Å². The van der Waals surface area contributed by atoms with Gasteiger partial charge in [0.25, 0.3) is 0 Å². The monoisotopic (exact) mass is 264 g/mol. The van der Waals surface area contributed by atoms with Gasteiger partial charge in [-0.15, -0.1) is 0 Å². The summed E-state index contributed by atoms with van der Waals surface area (Å²) in [5.41, 5.74) is 1.05. The Labute approximate surface area is 112 Å². The van der Waals surface area contributed by atoms with E-state index >= 15 is 0 Å². The maximum Gasteiger partial charge on any atom is 0.120 e. The lowest BCUT2D eigenvalue weighted by atomic mass is 10.1. The van der Waals surface area contributed by atoms with Crippen molar-refractivity contribution in [2.45, 2.75) is 32.7 Å². The average molecular weight is 264 g/mol. The van der Waals surface area contributed by atoms with E-state index in [1.165, 1.54) is 21.9 Å². The molecule has 0 fully saturated rings. The van der Waals surface area contributed by atoms with Crippen molar-refractivity contribution in [3.05, 3.63) is 24.3 Å². The van der Waals surface area contributed by atoms with E-state index < -0.39 is 0 Å². The first-order valence-corrected chi connectivity index (χ1v) is 7.31. The van der Waals surface area contributed by atoms with Crippen molar-refractivity contribution in [1.82, 2.24) is 4.37 Å². The van der Waals surface area contributed by atoms with Gasteiger partial charge in [0.2, 0.25) is 0 Å². The van der Waals surface area contributed by atoms with Crippen LogP contribution in [0.5, 0.6) is 0 Å². The largest absolute Gasteiger partial charge is 0.395 e. The molecule has 4 heteroatoms. The van der Waals surface area contributed by atoms with Crippen LogP contribution in [0.15, 0.2) is 24.3 Å². The molecular weight excluding hydrogens is 244 g/mol. The molecule has 0 aliphatic rings. The Morgan fingerprint density at radius 1 is 1.28 bits per heavy atom. The van der Waals surface area contributed by atoms with Gasteiger partial charge in [0, 0.05) is 18.0 Å². The molecule has 1 aromatic carbocycles. The Balaban J connectivity index is 2.41. The predicted octanol–water partition coefficient (Wildman–Crippen LogP) is 3.28. The zero-order valence-corrected chi connectivity index (χ0v) is 11.8. The number of hydrogen-bond donors (Lipinski definition) is 1. The van der Waals surface area contributed by atoms with Crippen LogP contribution in [0.1, 0.15) is 26.7 Å². The predicted molar refractivity (Wildman–Crippen MR) is 78.4 cm³/mol. The summed E-state index contributed by atoms with van der Waals surface area (Å²) in [6.07, 6.45) is 2.17. The van der Waals surface area contributed by atoms with Gasteiger partial charge < -0.3 is 10.0 Å². The first-order valence-electron chi connectivity index (χ1n) is 6.53. The lowest BCUT2D eigenvalue weighted by molar-refractivity contribution is 0.296. The second kappa shape index (κ2) is 6.16. The normalized spacial score (nSPS) is 11.3. The molecule has 98 valence electrons. The van der Waals surface area contributed by atoms with Gasteiger partial charge in [0.1, 0.15) is 5.00 Å². The van der Waals surface area contributed by atoms with Crippen molar-refractivity contribution in [2.75, 3.05) is 18.1 Å². The number of rotatable bonds is 6. The molecule has 0 radical (unpaired) electrons. The van der Waals surface area contributed by atoms with Crippen molar-refractivity contribution in [1.29, 1.82) is 0 Å². The minimum Gasteiger partial charge on any atom is -0.395 e. The van der Waals surface area contributed by atoms with E-state index in [0.717, 1.165) is 18.4 Å². The highest BCUT2D eigenvalue weighted by Crippen LogP contribution is 2.33. The van der Waals surface area contributed by atoms with Crippen LogP contribution in [0.2, 0.25) is 0 Å². The maximum absolute atomic E-state index is 9.29. The van der Waals surface area contributed by atoms with Crippen LogP contribution in [-0.4, -0.2) is 28.7 Å². The number of benzene rings is 1. The molecule has 3 nitrogen and oxygen atoms in total. The number of anilines is 1. The highest BCUT2D eigenvalue weighted by molar-refractivity contribution is 7.11. The Hall–Kier alpha value is -1.13. The Bertz CT molecular complexity index is 493. The summed E-state index contributed by atoms with van der Waals surface area (Å²) in [5.74, 6) is 0. The summed E-state index contributed by atoms with van der Waals surface area (Å²) >= 11 is 1.53. The molecule has 0 spiro atoms. The van der Waals surface area contributed by atoms with Crippen LogP contribution < -0.4 is 4.90 Å². The van der Waals surface area contributed by atoms with Gasteiger partial charge in [-0.1, -0.05) is 26.0 Å². The van der Waals surface area contributed by atoms with Crippen molar-refractivity contribution in [3.63, 3.8) is 0 Å². The third kappa shape index (κ3) is 2.49. The topological polar surface area (TPSA) is 36.4 Å². The summed E-state index contributed by atoms with van der Waals surface area (Å²) < 4.78 is 4.49. The number of aliphatic hydroxyl groups excluding tert-OH is 1. The van der Waals surface area contributed by atoms with Crippen LogP contribution in [0, 0.1) is 0 Å². The van der Waals surface area contributed by atoms with Gasteiger partial charge in [0.15, 0.2) is 0 Å². The van der Waals surface area contributed by atoms with E-state index in [1.807, 2.05) is 18.2 Å². The summed E-state index contributed by atoms with van der Waals surface area (Å²) in [5, 5.41) is 11.7. The summed E-state index contributed by atoms with van der Waals surface area (Å²) in [6, 6.07) is 8.69. The van der Waals surface area contributed by atoms with Gasteiger partial charge >= 0.3 is 0 Å². The van der Waals surface area contributed by atoms with E-state index in [9.17, 15) is 5.11 Å². The van der Waals surface area contributed by atoms with Crippen LogP contribution in [0.3, 0.4) is 0 Å². The van der Waals surface area contributed by atoms with Crippen LogP contribution in [0.4, 0.5) is 5.00 Å².